The minimum absolute atomic E-state index is 0.0935. The zero-order valence-electron chi connectivity index (χ0n) is 13.7. The van der Waals surface area contributed by atoms with E-state index in [9.17, 15) is 19.5 Å². The minimum atomic E-state index is -0.495. The van der Waals surface area contributed by atoms with Gasteiger partial charge in [0.1, 0.15) is 12.3 Å². The second kappa shape index (κ2) is 8.02. The van der Waals surface area contributed by atoms with E-state index in [0.29, 0.717) is 23.1 Å². The van der Waals surface area contributed by atoms with Crippen molar-refractivity contribution in [3.05, 3.63) is 32.1 Å². The number of imide groups is 1. The van der Waals surface area contributed by atoms with Gasteiger partial charge in [-0.3, -0.25) is 19.3 Å². The average Bonchev–Trinajstić information content (AvgIpc) is 2.87. The van der Waals surface area contributed by atoms with E-state index in [1.165, 1.54) is 12.1 Å². The lowest BCUT2D eigenvalue weighted by Crippen LogP contribution is -2.44. The van der Waals surface area contributed by atoms with Crippen LogP contribution in [-0.2, 0) is 9.59 Å². The fourth-order valence-corrected chi connectivity index (χ4v) is 4.49. The quantitative estimate of drug-likeness (QED) is 0.695. The molecule has 6 nitrogen and oxygen atoms in total. The Labute approximate surface area is 168 Å². The predicted octanol–water partition coefficient (Wildman–Crippen LogP) is 3.86. The van der Waals surface area contributed by atoms with Crippen molar-refractivity contribution in [2.75, 3.05) is 19.6 Å². The van der Waals surface area contributed by atoms with Crippen LogP contribution in [0, 0.1) is 0 Å². The van der Waals surface area contributed by atoms with E-state index in [4.69, 9.17) is 11.6 Å². The normalized spacial score (nSPS) is 19.5. The largest absolute Gasteiger partial charge is 0.505 e. The Morgan fingerprint density at radius 1 is 1.27 bits per heavy atom. The van der Waals surface area contributed by atoms with Crippen molar-refractivity contribution in [3.63, 3.8) is 0 Å². The molecule has 2 aliphatic heterocycles. The van der Waals surface area contributed by atoms with E-state index in [1.807, 2.05) is 0 Å². The SMILES string of the molecule is O=C(CN1C(=O)SC(=Cc2cc(Cl)c(O)c(Br)c2)C1=O)N1CCCCC1. The molecular weight excluding hydrogens is 444 g/mol. The molecule has 26 heavy (non-hydrogen) atoms. The van der Waals surface area contributed by atoms with Crippen molar-refractivity contribution in [3.8, 4) is 5.75 Å². The number of rotatable bonds is 3. The maximum Gasteiger partial charge on any atom is 0.294 e. The first-order chi connectivity index (χ1) is 12.4. The van der Waals surface area contributed by atoms with E-state index in [-0.39, 0.29) is 28.1 Å². The van der Waals surface area contributed by atoms with Gasteiger partial charge in [0, 0.05) is 13.1 Å². The fourth-order valence-electron chi connectivity index (χ4n) is 2.83. The summed E-state index contributed by atoms with van der Waals surface area (Å²) in [5, 5.41) is 9.34. The number of likely N-dealkylation sites (tertiary alicyclic amines) is 1. The van der Waals surface area contributed by atoms with Gasteiger partial charge in [0.25, 0.3) is 11.1 Å². The standard InChI is InChI=1S/C17H16BrClN2O4S/c18-11-6-10(7-12(19)15(11)23)8-13-16(24)21(17(25)26-13)9-14(22)20-4-2-1-3-5-20/h6-8,23H,1-5,9H2. The first kappa shape index (κ1) is 19.3. The number of thioether (sulfide) groups is 1. The van der Waals surface area contributed by atoms with Gasteiger partial charge in [-0.2, -0.15) is 0 Å². The molecule has 2 saturated heterocycles. The summed E-state index contributed by atoms with van der Waals surface area (Å²) >= 11 is 9.89. The summed E-state index contributed by atoms with van der Waals surface area (Å²) in [5.41, 5.74) is 0.563. The van der Waals surface area contributed by atoms with E-state index < -0.39 is 11.1 Å². The highest BCUT2D eigenvalue weighted by Crippen LogP contribution is 2.36. The van der Waals surface area contributed by atoms with Gasteiger partial charge in [-0.05, 0) is 70.7 Å². The molecule has 9 heteroatoms. The van der Waals surface area contributed by atoms with Crippen LogP contribution >= 0.6 is 39.3 Å². The Bertz CT molecular complexity index is 785. The molecular formula is C17H16BrClN2O4S. The lowest BCUT2D eigenvalue weighted by Gasteiger charge is -2.27. The van der Waals surface area contributed by atoms with Crippen LogP contribution in [0.15, 0.2) is 21.5 Å². The Morgan fingerprint density at radius 3 is 2.62 bits per heavy atom. The van der Waals surface area contributed by atoms with E-state index in [1.54, 1.807) is 11.0 Å². The molecule has 0 saturated carbocycles. The molecule has 2 heterocycles. The van der Waals surface area contributed by atoms with Crippen molar-refractivity contribution < 1.29 is 19.5 Å². The Morgan fingerprint density at radius 2 is 1.96 bits per heavy atom. The molecule has 1 aromatic rings. The third kappa shape index (κ3) is 4.07. The third-order valence-corrected chi connectivity index (χ3v) is 6.01. The van der Waals surface area contributed by atoms with E-state index in [2.05, 4.69) is 15.9 Å². The minimum Gasteiger partial charge on any atom is -0.505 e. The maximum atomic E-state index is 12.5. The Balaban J connectivity index is 1.75. The number of halogens is 2. The lowest BCUT2D eigenvalue weighted by atomic mass is 10.1. The number of amides is 3. The van der Waals surface area contributed by atoms with E-state index >= 15 is 0 Å². The number of benzene rings is 1. The summed E-state index contributed by atoms with van der Waals surface area (Å²) in [4.78, 5) is 39.9. The summed E-state index contributed by atoms with van der Waals surface area (Å²) in [6.07, 6.45) is 4.51. The monoisotopic (exact) mass is 458 g/mol. The van der Waals surface area contributed by atoms with Crippen molar-refractivity contribution in [1.29, 1.82) is 0 Å². The molecule has 3 amide bonds. The second-order valence-electron chi connectivity index (χ2n) is 6.04. The van der Waals surface area contributed by atoms with Gasteiger partial charge in [0.05, 0.1) is 14.4 Å². The number of nitrogens with zero attached hydrogens (tertiary/aromatic N) is 2. The lowest BCUT2D eigenvalue weighted by molar-refractivity contribution is -0.136. The van der Waals surface area contributed by atoms with Crippen LogP contribution in [0.3, 0.4) is 0 Å². The number of phenolic OH excluding ortho intramolecular Hbond substituents is 1. The summed E-state index contributed by atoms with van der Waals surface area (Å²) < 4.78 is 0.385. The Kier molecular flexibility index (Phi) is 5.94. The first-order valence-corrected chi connectivity index (χ1v) is 10.1. The molecule has 3 rings (SSSR count). The Hall–Kier alpha value is -1.51. The molecule has 1 N–H and O–H groups in total. The van der Waals surface area contributed by atoms with Crippen LogP contribution < -0.4 is 0 Å². The molecule has 2 aliphatic rings. The van der Waals surface area contributed by atoms with Gasteiger partial charge in [0.2, 0.25) is 5.91 Å². The van der Waals surface area contributed by atoms with Crippen LogP contribution in [0.5, 0.6) is 5.75 Å². The molecule has 2 fully saturated rings. The van der Waals surface area contributed by atoms with Crippen LogP contribution in [0.1, 0.15) is 24.8 Å². The van der Waals surface area contributed by atoms with Crippen molar-refractivity contribution in [2.24, 2.45) is 0 Å². The van der Waals surface area contributed by atoms with Gasteiger partial charge >= 0.3 is 0 Å². The number of hydrogen-bond donors (Lipinski definition) is 1. The number of carbonyl (C=O) groups excluding carboxylic acids is 3. The first-order valence-electron chi connectivity index (χ1n) is 8.08. The zero-order valence-corrected chi connectivity index (χ0v) is 16.9. The highest BCUT2D eigenvalue weighted by atomic mass is 79.9. The zero-order chi connectivity index (χ0) is 18.8. The van der Waals surface area contributed by atoms with Gasteiger partial charge in [-0.1, -0.05) is 11.6 Å². The van der Waals surface area contributed by atoms with Crippen LogP contribution in [-0.4, -0.2) is 51.6 Å². The number of carbonyl (C=O) groups is 3. The smallest absolute Gasteiger partial charge is 0.294 e. The molecule has 0 spiro atoms. The van der Waals surface area contributed by atoms with E-state index in [0.717, 1.165) is 35.9 Å². The molecule has 0 atom stereocenters. The van der Waals surface area contributed by atoms with Gasteiger partial charge in [0.15, 0.2) is 0 Å². The molecule has 0 unspecified atom stereocenters. The van der Waals surface area contributed by atoms with Crippen molar-refractivity contribution in [1.82, 2.24) is 9.80 Å². The predicted molar refractivity (Wildman–Crippen MR) is 104 cm³/mol. The summed E-state index contributed by atoms with van der Waals surface area (Å²) in [5.74, 6) is -0.793. The van der Waals surface area contributed by atoms with Crippen LogP contribution in [0.2, 0.25) is 5.02 Å². The number of piperidine rings is 1. The highest BCUT2D eigenvalue weighted by molar-refractivity contribution is 9.10. The molecule has 1 aromatic carbocycles. The highest BCUT2D eigenvalue weighted by Gasteiger charge is 2.37. The van der Waals surface area contributed by atoms with Crippen LogP contribution in [0.4, 0.5) is 4.79 Å². The van der Waals surface area contributed by atoms with Crippen molar-refractivity contribution >= 4 is 62.4 Å². The summed E-state index contributed by atoms with van der Waals surface area (Å²) in [6, 6.07) is 3.09. The number of phenols is 1. The fraction of sp³-hybridized carbons (Fsp3) is 0.353. The van der Waals surface area contributed by atoms with Gasteiger partial charge < -0.3 is 10.0 Å². The van der Waals surface area contributed by atoms with Gasteiger partial charge in [-0.15, -0.1) is 0 Å². The summed E-state index contributed by atoms with van der Waals surface area (Å²) in [7, 11) is 0. The maximum absolute atomic E-state index is 12.5. The molecule has 0 bridgehead atoms. The second-order valence-corrected chi connectivity index (χ2v) is 8.30. The summed E-state index contributed by atoms with van der Waals surface area (Å²) in [6.45, 7) is 1.11. The molecule has 0 radical (unpaired) electrons. The molecule has 0 aliphatic carbocycles. The van der Waals surface area contributed by atoms with Crippen LogP contribution in [0.25, 0.3) is 6.08 Å². The number of aromatic hydroxyl groups is 1. The average molecular weight is 460 g/mol. The number of hydrogen-bond acceptors (Lipinski definition) is 5. The molecule has 0 aromatic heterocycles. The van der Waals surface area contributed by atoms with Gasteiger partial charge in [-0.25, -0.2) is 0 Å². The molecule has 138 valence electrons. The topological polar surface area (TPSA) is 77.9 Å². The van der Waals surface area contributed by atoms with Crippen molar-refractivity contribution in [2.45, 2.75) is 19.3 Å². The third-order valence-electron chi connectivity index (χ3n) is 4.21.